The maximum absolute atomic E-state index is 12.4. The van der Waals surface area contributed by atoms with Gasteiger partial charge in [-0.2, -0.15) is 0 Å². The number of aliphatic hydroxyl groups excluding tert-OH is 1. The maximum atomic E-state index is 12.4. The number of aliphatic hydroxyl groups is 1. The molecule has 4 heteroatoms. The summed E-state index contributed by atoms with van der Waals surface area (Å²) in [6.07, 6.45) is 6.82. The number of hydrogen-bond donors (Lipinski definition) is 3. The van der Waals surface area contributed by atoms with Crippen LogP contribution >= 0.6 is 0 Å². The second-order valence-corrected chi connectivity index (χ2v) is 5.61. The monoisotopic (exact) mass is 240 g/mol. The van der Waals surface area contributed by atoms with Crippen LogP contribution in [0.3, 0.4) is 0 Å². The normalized spacial score (nSPS) is 30.9. The molecule has 98 valence electrons. The Morgan fingerprint density at radius 1 is 1.35 bits per heavy atom. The number of carbonyl (C=O) groups excluding carboxylic acids is 1. The Hall–Kier alpha value is -0.610. The van der Waals surface area contributed by atoms with Gasteiger partial charge < -0.3 is 15.7 Å². The average Bonchev–Trinajstić information content (AvgIpc) is 2.73. The Morgan fingerprint density at radius 2 is 2.12 bits per heavy atom. The van der Waals surface area contributed by atoms with Gasteiger partial charge in [0.25, 0.3) is 0 Å². The Morgan fingerprint density at radius 3 is 2.53 bits per heavy atom. The molecule has 3 N–H and O–H groups in total. The SMILES string of the molecule is CCCC1(C(=O)NC2(CO)CCC2)CCCN1. The zero-order valence-corrected chi connectivity index (χ0v) is 10.7. The Labute approximate surface area is 103 Å². The van der Waals surface area contributed by atoms with Crippen molar-refractivity contribution < 1.29 is 9.90 Å². The van der Waals surface area contributed by atoms with E-state index in [9.17, 15) is 9.90 Å². The summed E-state index contributed by atoms with van der Waals surface area (Å²) in [4.78, 5) is 12.4. The third-order valence-corrected chi connectivity index (χ3v) is 4.35. The largest absolute Gasteiger partial charge is 0.394 e. The molecule has 0 aromatic rings. The fraction of sp³-hybridized carbons (Fsp3) is 0.923. The van der Waals surface area contributed by atoms with Crippen LogP contribution in [0.15, 0.2) is 0 Å². The van der Waals surface area contributed by atoms with Crippen LogP contribution in [-0.2, 0) is 4.79 Å². The molecule has 0 bridgehead atoms. The minimum atomic E-state index is -0.369. The topological polar surface area (TPSA) is 61.4 Å². The van der Waals surface area contributed by atoms with Crippen molar-refractivity contribution in [1.29, 1.82) is 0 Å². The fourth-order valence-corrected chi connectivity index (χ4v) is 3.04. The first-order valence-corrected chi connectivity index (χ1v) is 6.85. The van der Waals surface area contributed by atoms with Crippen LogP contribution in [0, 0.1) is 0 Å². The first-order valence-electron chi connectivity index (χ1n) is 6.85. The Bertz CT molecular complexity index is 276. The van der Waals surface area contributed by atoms with E-state index in [1.165, 1.54) is 0 Å². The summed E-state index contributed by atoms with van der Waals surface area (Å²) in [6, 6.07) is 0. The highest BCUT2D eigenvalue weighted by Gasteiger charge is 2.45. The van der Waals surface area contributed by atoms with Crippen LogP contribution in [0.1, 0.15) is 51.9 Å². The molecule has 2 aliphatic rings. The van der Waals surface area contributed by atoms with E-state index in [4.69, 9.17) is 0 Å². The third-order valence-electron chi connectivity index (χ3n) is 4.35. The van der Waals surface area contributed by atoms with E-state index in [0.717, 1.165) is 51.5 Å². The smallest absolute Gasteiger partial charge is 0.240 e. The predicted octanol–water partition coefficient (Wildman–Crippen LogP) is 0.940. The highest BCUT2D eigenvalue weighted by molar-refractivity contribution is 5.87. The fourth-order valence-electron chi connectivity index (χ4n) is 3.04. The van der Waals surface area contributed by atoms with Gasteiger partial charge in [0.2, 0.25) is 5.91 Å². The molecule has 0 spiro atoms. The van der Waals surface area contributed by atoms with Crippen LogP contribution in [0.2, 0.25) is 0 Å². The minimum absolute atomic E-state index is 0.0704. The first-order chi connectivity index (χ1) is 8.16. The molecule has 1 saturated heterocycles. The summed E-state index contributed by atoms with van der Waals surface area (Å²) in [7, 11) is 0. The average molecular weight is 240 g/mol. The predicted molar refractivity (Wildman–Crippen MR) is 66.7 cm³/mol. The number of carbonyl (C=O) groups is 1. The molecule has 1 aliphatic carbocycles. The van der Waals surface area contributed by atoms with Crippen molar-refractivity contribution >= 4 is 5.91 Å². The lowest BCUT2D eigenvalue weighted by Crippen LogP contribution is -2.63. The van der Waals surface area contributed by atoms with E-state index in [2.05, 4.69) is 17.6 Å². The minimum Gasteiger partial charge on any atom is -0.394 e. The lowest BCUT2D eigenvalue weighted by atomic mass is 9.76. The molecule has 1 amide bonds. The number of amides is 1. The molecule has 17 heavy (non-hydrogen) atoms. The van der Waals surface area contributed by atoms with E-state index in [0.29, 0.717) is 0 Å². The summed E-state index contributed by atoms with van der Waals surface area (Å²) in [5.41, 5.74) is -0.686. The van der Waals surface area contributed by atoms with E-state index in [1.54, 1.807) is 0 Å². The molecule has 1 saturated carbocycles. The van der Waals surface area contributed by atoms with Gasteiger partial charge in [0.1, 0.15) is 0 Å². The maximum Gasteiger partial charge on any atom is 0.240 e. The summed E-state index contributed by atoms with van der Waals surface area (Å²) in [5.74, 6) is 0.102. The van der Waals surface area contributed by atoms with E-state index in [-0.39, 0.29) is 23.6 Å². The molecule has 2 fully saturated rings. The van der Waals surface area contributed by atoms with Crippen LogP contribution in [0.4, 0.5) is 0 Å². The van der Waals surface area contributed by atoms with Gasteiger partial charge in [0.05, 0.1) is 17.7 Å². The van der Waals surface area contributed by atoms with Crippen LogP contribution in [0.5, 0.6) is 0 Å². The molecular weight excluding hydrogens is 216 g/mol. The Balaban J connectivity index is 2.01. The lowest BCUT2D eigenvalue weighted by Gasteiger charge is -2.43. The van der Waals surface area contributed by atoms with Gasteiger partial charge in [-0.25, -0.2) is 0 Å². The molecule has 1 aliphatic heterocycles. The standard InChI is InChI=1S/C13H24N2O2/c1-2-5-13(8-4-9-14-13)11(17)15-12(10-16)6-3-7-12/h14,16H,2-10H2,1H3,(H,15,17). The van der Waals surface area contributed by atoms with Crippen LogP contribution in [0.25, 0.3) is 0 Å². The van der Waals surface area contributed by atoms with E-state index < -0.39 is 0 Å². The van der Waals surface area contributed by atoms with Crippen molar-refractivity contribution in [3.8, 4) is 0 Å². The van der Waals surface area contributed by atoms with Gasteiger partial charge in [-0.3, -0.25) is 4.79 Å². The van der Waals surface area contributed by atoms with Crippen molar-refractivity contribution in [2.75, 3.05) is 13.2 Å². The number of nitrogens with one attached hydrogen (secondary N) is 2. The van der Waals surface area contributed by atoms with Gasteiger partial charge in [0.15, 0.2) is 0 Å². The van der Waals surface area contributed by atoms with Gasteiger partial charge >= 0.3 is 0 Å². The second kappa shape index (κ2) is 4.94. The summed E-state index contributed by atoms with van der Waals surface area (Å²) in [6.45, 7) is 3.11. The zero-order valence-electron chi connectivity index (χ0n) is 10.7. The molecule has 0 radical (unpaired) electrons. The molecule has 1 unspecified atom stereocenters. The molecule has 4 nitrogen and oxygen atoms in total. The van der Waals surface area contributed by atoms with Crippen molar-refractivity contribution in [2.24, 2.45) is 0 Å². The van der Waals surface area contributed by atoms with E-state index in [1.807, 2.05) is 0 Å². The van der Waals surface area contributed by atoms with Crippen molar-refractivity contribution in [3.05, 3.63) is 0 Å². The summed E-state index contributed by atoms with van der Waals surface area (Å²) < 4.78 is 0. The second-order valence-electron chi connectivity index (χ2n) is 5.61. The quantitative estimate of drug-likeness (QED) is 0.670. The molecule has 2 rings (SSSR count). The zero-order chi connectivity index (χ0) is 12.4. The van der Waals surface area contributed by atoms with Crippen LogP contribution in [-0.4, -0.2) is 35.2 Å². The Kier molecular flexibility index (Phi) is 3.73. The van der Waals surface area contributed by atoms with Gasteiger partial charge in [-0.1, -0.05) is 13.3 Å². The molecule has 1 heterocycles. The highest BCUT2D eigenvalue weighted by atomic mass is 16.3. The molecular formula is C13H24N2O2. The van der Waals surface area contributed by atoms with Crippen molar-refractivity contribution in [3.63, 3.8) is 0 Å². The van der Waals surface area contributed by atoms with Gasteiger partial charge in [0, 0.05) is 0 Å². The van der Waals surface area contributed by atoms with Gasteiger partial charge in [-0.05, 0) is 45.1 Å². The lowest BCUT2D eigenvalue weighted by molar-refractivity contribution is -0.131. The highest BCUT2D eigenvalue weighted by Crippen LogP contribution is 2.33. The summed E-state index contributed by atoms with van der Waals surface area (Å²) in [5, 5.41) is 15.9. The third kappa shape index (κ3) is 2.33. The molecule has 1 atom stereocenters. The van der Waals surface area contributed by atoms with Crippen LogP contribution < -0.4 is 10.6 Å². The molecule has 0 aromatic heterocycles. The van der Waals surface area contributed by atoms with E-state index >= 15 is 0 Å². The first kappa shape index (κ1) is 12.8. The van der Waals surface area contributed by atoms with Gasteiger partial charge in [-0.15, -0.1) is 0 Å². The number of hydrogen-bond acceptors (Lipinski definition) is 3. The van der Waals surface area contributed by atoms with Crippen molar-refractivity contribution in [1.82, 2.24) is 10.6 Å². The molecule has 0 aromatic carbocycles. The number of rotatable bonds is 5. The summed E-state index contributed by atoms with van der Waals surface area (Å²) >= 11 is 0. The van der Waals surface area contributed by atoms with Crippen molar-refractivity contribution in [2.45, 2.75) is 62.9 Å².